The molecule has 0 aliphatic heterocycles. The lowest BCUT2D eigenvalue weighted by Crippen LogP contribution is -2.30. The van der Waals surface area contributed by atoms with Gasteiger partial charge >= 0.3 is 0 Å². The number of phenolic OH excluding ortho intramolecular Hbond substituents is 1. The van der Waals surface area contributed by atoms with Crippen LogP contribution in [0.2, 0.25) is 0 Å². The molecule has 20 heavy (non-hydrogen) atoms. The number of carbonyl (C=O) groups excluding carboxylic acids is 1. The molecule has 0 saturated heterocycles. The first kappa shape index (κ1) is 14.4. The van der Waals surface area contributed by atoms with E-state index in [2.05, 4.69) is 26.1 Å². The third kappa shape index (κ3) is 3.10. The van der Waals surface area contributed by atoms with Gasteiger partial charge in [-0.1, -0.05) is 45.0 Å². The Bertz CT molecular complexity index is 619. The molecule has 0 aliphatic carbocycles. The third-order valence-electron chi connectivity index (χ3n) is 3.83. The molecule has 0 fully saturated rings. The second-order valence-corrected chi connectivity index (χ2v) is 5.65. The number of hydrogen-bond donors (Lipinski definition) is 2. The van der Waals surface area contributed by atoms with Gasteiger partial charge in [0.2, 0.25) is 0 Å². The van der Waals surface area contributed by atoms with Crippen LogP contribution in [0, 0.1) is 11.8 Å². The summed E-state index contributed by atoms with van der Waals surface area (Å²) in [7, 11) is 0. The molecular formula is C17H21NO2. The number of carbonyl (C=O) groups is 1. The third-order valence-corrected chi connectivity index (χ3v) is 3.83. The molecule has 0 aromatic heterocycles. The number of rotatable bonds is 4. The van der Waals surface area contributed by atoms with Gasteiger partial charge in [-0.3, -0.25) is 4.79 Å². The molecule has 1 atom stereocenters. The Labute approximate surface area is 119 Å². The molecule has 0 radical (unpaired) electrons. The Morgan fingerprint density at radius 2 is 1.75 bits per heavy atom. The minimum absolute atomic E-state index is 0.0263. The fraction of sp³-hybridized carbons (Fsp3) is 0.353. The summed E-state index contributed by atoms with van der Waals surface area (Å²) in [4.78, 5) is 12.2. The summed E-state index contributed by atoms with van der Waals surface area (Å²) in [5.74, 6) is 0.723. The topological polar surface area (TPSA) is 49.3 Å². The van der Waals surface area contributed by atoms with Crippen molar-refractivity contribution in [2.24, 2.45) is 11.8 Å². The average Bonchev–Trinajstić information content (AvgIpc) is 2.43. The summed E-state index contributed by atoms with van der Waals surface area (Å²) >= 11 is 0. The van der Waals surface area contributed by atoms with Crippen LogP contribution in [0.5, 0.6) is 5.75 Å². The first-order valence-corrected chi connectivity index (χ1v) is 6.99. The molecule has 2 aromatic rings. The Balaban J connectivity index is 2.19. The van der Waals surface area contributed by atoms with Gasteiger partial charge in [-0.2, -0.15) is 0 Å². The lowest BCUT2D eigenvalue weighted by molar-refractivity contribution is 0.0942. The predicted octanol–water partition coefficient (Wildman–Crippen LogP) is 3.57. The molecule has 0 heterocycles. The molecule has 2 N–H and O–H groups in total. The summed E-state index contributed by atoms with van der Waals surface area (Å²) in [5, 5.41) is 14.8. The highest BCUT2D eigenvalue weighted by Crippen LogP contribution is 2.24. The Morgan fingerprint density at radius 1 is 1.15 bits per heavy atom. The Kier molecular flexibility index (Phi) is 4.28. The average molecular weight is 271 g/mol. The number of amides is 1. The van der Waals surface area contributed by atoms with E-state index in [1.807, 2.05) is 24.3 Å². The van der Waals surface area contributed by atoms with E-state index in [0.29, 0.717) is 23.9 Å². The molecule has 106 valence electrons. The van der Waals surface area contributed by atoms with Crippen LogP contribution in [0.15, 0.2) is 36.4 Å². The Hall–Kier alpha value is -2.03. The number of aromatic hydroxyl groups is 1. The normalized spacial score (nSPS) is 12.6. The first-order chi connectivity index (χ1) is 9.49. The summed E-state index contributed by atoms with van der Waals surface area (Å²) in [6, 6.07) is 11.0. The van der Waals surface area contributed by atoms with Gasteiger partial charge in [-0.05, 0) is 34.7 Å². The van der Waals surface area contributed by atoms with Crippen molar-refractivity contribution in [3.8, 4) is 5.75 Å². The highest BCUT2D eigenvalue weighted by molar-refractivity contribution is 6.01. The van der Waals surface area contributed by atoms with Crippen molar-refractivity contribution in [2.75, 3.05) is 6.54 Å². The summed E-state index contributed by atoms with van der Waals surface area (Å²) in [6.45, 7) is 6.97. The number of fused-ring (bicyclic) bond motifs is 1. The molecule has 0 aliphatic rings. The maximum absolute atomic E-state index is 12.2. The van der Waals surface area contributed by atoms with Crippen LogP contribution in [-0.4, -0.2) is 17.6 Å². The SMILES string of the molecule is CC(C)C(C)CNC(=O)c1cc2ccccc2cc1O. The monoisotopic (exact) mass is 271 g/mol. The molecule has 3 heteroatoms. The largest absolute Gasteiger partial charge is 0.507 e. The van der Waals surface area contributed by atoms with E-state index >= 15 is 0 Å². The number of nitrogens with one attached hydrogen (secondary N) is 1. The number of benzene rings is 2. The van der Waals surface area contributed by atoms with Gasteiger partial charge in [-0.25, -0.2) is 0 Å². The van der Waals surface area contributed by atoms with Crippen molar-refractivity contribution in [1.29, 1.82) is 0 Å². The molecule has 1 amide bonds. The van der Waals surface area contributed by atoms with Gasteiger partial charge in [0.25, 0.3) is 5.91 Å². The van der Waals surface area contributed by atoms with E-state index in [-0.39, 0.29) is 11.7 Å². The van der Waals surface area contributed by atoms with E-state index in [4.69, 9.17) is 0 Å². The van der Waals surface area contributed by atoms with Crippen molar-refractivity contribution in [1.82, 2.24) is 5.32 Å². The minimum Gasteiger partial charge on any atom is -0.507 e. The van der Waals surface area contributed by atoms with Gasteiger partial charge in [0.1, 0.15) is 5.75 Å². The smallest absolute Gasteiger partial charge is 0.255 e. The van der Waals surface area contributed by atoms with E-state index in [1.54, 1.807) is 12.1 Å². The second kappa shape index (κ2) is 5.95. The van der Waals surface area contributed by atoms with Crippen LogP contribution in [0.4, 0.5) is 0 Å². The van der Waals surface area contributed by atoms with Crippen LogP contribution in [-0.2, 0) is 0 Å². The fourth-order valence-electron chi connectivity index (χ4n) is 1.99. The Morgan fingerprint density at radius 3 is 2.35 bits per heavy atom. The van der Waals surface area contributed by atoms with Crippen LogP contribution in [0.3, 0.4) is 0 Å². The summed E-state index contributed by atoms with van der Waals surface area (Å²) < 4.78 is 0. The summed E-state index contributed by atoms with van der Waals surface area (Å²) in [5.41, 5.74) is 0.333. The minimum atomic E-state index is -0.222. The fourth-order valence-corrected chi connectivity index (χ4v) is 1.99. The lowest BCUT2D eigenvalue weighted by atomic mass is 9.98. The van der Waals surface area contributed by atoms with Gasteiger partial charge < -0.3 is 10.4 Å². The second-order valence-electron chi connectivity index (χ2n) is 5.65. The molecule has 2 aromatic carbocycles. The summed E-state index contributed by atoms with van der Waals surface area (Å²) in [6.07, 6.45) is 0. The zero-order valence-electron chi connectivity index (χ0n) is 12.2. The van der Waals surface area contributed by atoms with Gasteiger partial charge in [0.05, 0.1) is 5.56 Å². The highest BCUT2D eigenvalue weighted by atomic mass is 16.3. The maximum Gasteiger partial charge on any atom is 0.255 e. The molecule has 0 saturated carbocycles. The van der Waals surface area contributed by atoms with Gasteiger partial charge in [0, 0.05) is 6.54 Å². The zero-order valence-corrected chi connectivity index (χ0v) is 12.2. The van der Waals surface area contributed by atoms with E-state index in [0.717, 1.165) is 10.8 Å². The van der Waals surface area contributed by atoms with E-state index < -0.39 is 0 Å². The number of phenols is 1. The lowest BCUT2D eigenvalue weighted by Gasteiger charge is -2.16. The molecule has 2 rings (SSSR count). The van der Waals surface area contributed by atoms with Crippen LogP contribution < -0.4 is 5.32 Å². The van der Waals surface area contributed by atoms with Gasteiger partial charge in [-0.15, -0.1) is 0 Å². The predicted molar refractivity (Wildman–Crippen MR) is 81.9 cm³/mol. The zero-order chi connectivity index (χ0) is 14.7. The quantitative estimate of drug-likeness (QED) is 0.893. The van der Waals surface area contributed by atoms with Crippen molar-refractivity contribution >= 4 is 16.7 Å². The first-order valence-electron chi connectivity index (χ1n) is 6.99. The molecule has 0 spiro atoms. The molecular weight excluding hydrogens is 250 g/mol. The van der Waals surface area contributed by atoms with Crippen molar-refractivity contribution in [2.45, 2.75) is 20.8 Å². The standard InChI is InChI=1S/C17H21NO2/c1-11(2)12(3)10-18-17(20)15-8-13-6-4-5-7-14(13)9-16(15)19/h4-9,11-12,19H,10H2,1-3H3,(H,18,20). The van der Waals surface area contributed by atoms with Crippen LogP contribution in [0.1, 0.15) is 31.1 Å². The van der Waals surface area contributed by atoms with E-state index in [9.17, 15) is 9.90 Å². The highest BCUT2D eigenvalue weighted by Gasteiger charge is 2.14. The maximum atomic E-state index is 12.2. The molecule has 1 unspecified atom stereocenters. The van der Waals surface area contributed by atoms with Crippen molar-refractivity contribution in [3.63, 3.8) is 0 Å². The molecule has 0 bridgehead atoms. The van der Waals surface area contributed by atoms with Gasteiger partial charge in [0.15, 0.2) is 0 Å². The molecule has 3 nitrogen and oxygen atoms in total. The van der Waals surface area contributed by atoms with Crippen molar-refractivity contribution in [3.05, 3.63) is 42.0 Å². The van der Waals surface area contributed by atoms with Crippen LogP contribution in [0.25, 0.3) is 10.8 Å². The van der Waals surface area contributed by atoms with E-state index in [1.165, 1.54) is 0 Å². The van der Waals surface area contributed by atoms with Crippen molar-refractivity contribution < 1.29 is 9.90 Å². The number of hydrogen-bond acceptors (Lipinski definition) is 2. The van der Waals surface area contributed by atoms with Crippen LogP contribution >= 0.6 is 0 Å².